The number of piperidine rings is 2. The number of benzene rings is 2. The molecule has 0 saturated carbocycles. The van der Waals surface area contributed by atoms with Crippen molar-refractivity contribution in [1.82, 2.24) is 29.1 Å². The molecule has 0 bridgehead atoms. The number of amides is 1. The summed E-state index contributed by atoms with van der Waals surface area (Å²) in [4.78, 5) is 37.8. The van der Waals surface area contributed by atoms with Gasteiger partial charge >= 0.3 is 0 Å². The molecule has 0 spiro atoms. The molecule has 0 unspecified atom stereocenters. The Morgan fingerprint density at radius 3 is 2.47 bits per heavy atom. The van der Waals surface area contributed by atoms with E-state index in [1.807, 2.05) is 12.1 Å². The average molecular weight is 586 g/mol. The molecule has 10 nitrogen and oxygen atoms in total. The molecule has 3 fully saturated rings. The van der Waals surface area contributed by atoms with E-state index < -0.39 is 5.60 Å². The first-order valence-corrected chi connectivity index (χ1v) is 15.2. The zero-order valence-electron chi connectivity index (χ0n) is 24.1. The van der Waals surface area contributed by atoms with Gasteiger partial charge in [-0.1, -0.05) is 6.42 Å². The van der Waals surface area contributed by atoms with Gasteiger partial charge in [-0.2, -0.15) is 5.10 Å². The molecule has 5 heterocycles. The van der Waals surface area contributed by atoms with E-state index in [1.54, 1.807) is 17.0 Å². The fourth-order valence-corrected chi connectivity index (χ4v) is 6.82. The smallest absolute Gasteiger partial charge is 0.264 e. The van der Waals surface area contributed by atoms with Crippen molar-refractivity contribution in [3.05, 3.63) is 82.8 Å². The maximum Gasteiger partial charge on any atom is 0.264 e. The van der Waals surface area contributed by atoms with Crippen LogP contribution in [0.1, 0.15) is 42.5 Å². The average Bonchev–Trinajstić information content (AvgIpc) is 3.47. The van der Waals surface area contributed by atoms with E-state index in [0.717, 1.165) is 25.3 Å². The monoisotopic (exact) mass is 585 g/mol. The van der Waals surface area contributed by atoms with E-state index >= 15 is 0 Å². The molecule has 4 aromatic rings. The third kappa shape index (κ3) is 5.43. The van der Waals surface area contributed by atoms with Gasteiger partial charge in [0.25, 0.3) is 11.5 Å². The molecule has 1 N–H and O–H groups in total. The van der Waals surface area contributed by atoms with E-state index in [2.05, 4.69) is 32.0 Å². The van der Waals surface area contributed by atoms with E-state index in [1.165, 1.54) is 59.7 Å². The minimum Gasteiger partial charge on any atom is -0.388 e. The normalized spacial score (nSPS) is 20.7. The van der Waals surface area contributed by atoms with Crippen LogP contribution in [0.2, 0.25) is 0 Å². The molecule has 11 heteroatoms. The summed E-state index contributed by atoms with van der Waals surface area (Å²) >= 11 is 0. The number of hydrogen-bond donors (Lipinski definition) is 1. The van der Waals surface area contributed by atoms with E-state index in [0.29, 0.717) is 54.3 Å². The Morgan fingerprint density at radius 1 is 0.953 bits per heavy atom. The highest BCUT2D eigenvalue weighted by Gasteiger charge is 2.35. The largest absolute Gasteiger partial charge is 0.388 e. The number of nitrogens with zero attached hydrogens (tertiary/aromatic N) is 7. The quantitative estimate of drug-likeness (QED) is 0.384. The lowest BCUT2D eigenvalue weighted by Crippen LogP contribution is -2.54. The van der Waals surface area contributed by atoms with Gasteiger partial charge in [0.2, 0.25) is 0 Å². The highest BCUT2D eigenvalue weighted by Crippen LogP contribution is 2.28. The minimum atomic E-state index is -1.14. The number of anilines is 1. The van der Waals surface area contributed by atoms with Crippen LogP contribution in [0.25, 0.3) is 16.7 Å². The summed E-state index contributed by atoms with van der Waals surface area (Å²) in [5.41, 5.74) is 1.31. The van der Waals surface area contributed by atoms with Gasteiger partial charge in [-0.05, 0) is 80.8 Å². The molecule has 3 saturated heterocycles. The van der Waals surface area contributed by atoms with Crippen LogP contribution in [-0.2, 0) is 6.54 Å². The SMILES string of the molecule is O=C(c1ccc(N2CCN3CCCC[C@H]3C2)cc1)N1CCC(O)(Cn2cnc3c(cnn3-c3ccc(F)cc3)c2=O)CC1. The summed E-state index contributed by atoms with van der Waals surface area (Å²) in [6.45, 7) is 5.22. The van der Waals surface area contributed by atoms with Gasteiger partial charge in [-0.15, -0.1) is 0 Å². The molecule has 2 aromatic carbocycles. The predicted octanol–water partition coefficient (Wildman–Crippen LogP) is 3.06. The van der Waals surface area contributed by atoms with Crippen molar-refractivity contribution < 1.29 is 14.3 Å². The second-order valence-electron chi connectivity index (χ2n) is 12.1. The van der Waals surface area contributed by atoms with Crippen LogP contribution < -0.4 is 10.5 Å². The van der Waals surface area contributed by atoms with Crippen LogP contribution in [0, 0.1) is 5.82 Å². The highest BCUT2D eigenvalue weighted by atomic mass is 19.1. The molecule has 1 amide bonds. The number of likely N-dealkylation sites (tertiary alicyclic amines) is 1. The van der Waals surface area contributed by atoms with Crippen molar-refractivity contribution >= 4 is 22.6 Å². The fourth-order valence-electron chi connectivity index (χ4n) is 6.82. The van der Waals surface area contributed by atoms with Gasteiger partial charge < -0.3 is 14.9 Å². The van der Waals surface area contributed by atoms with E-state index in [-0.39, 0.29) is 23.8 Å². The molecule has 0 aliphatic carbocycles. The predicted molar refractivity (Wildman–Crippen MR) is 161 cm³/mol. The van der Waals surface area contributed by atoms with Crippen molar-refractivity contribution in [3.8, 4) is 5.69 Å². The summed E-state index contributed by atoms with van der Waals surface area (Å²) in [5, 5.41) is 16.0. The zero-order valence-corrected chi connectivity index (χ0v) is 24.1. The molecular weight excluding hydrogens is 549 g/mol. The molecule has 1 atom stereocenters. The van der Waals surface area contributed by atoms with Crippen molar-refractivity contribution in [2.24, 2.45) is 0 Å². The fraction of sp³-hybridized carbons (Fsp3) is 0.438. The summed E-state index contributed by atoms with van der Waals surface area (Å²) in [5.74, 6) is -0.406. The van der Waals surface area contributed by atoms with Crippen LogP contribution >= 0.6 is 0 Å². The summed E-state index contributed by atoms with van der Waals surface area (Å²) < 4.78 is 16.2. The van der Waals surface area contributed by atoms with Gasteiger partial charge in [0.05, 0.1) is 24.0 Å². The third-order valence-corrected chi connectivity index (χ3v) is 9.39. The molecule has 3 aliphatic heterocycles. The standard InChI is InChI=1S/C32H36FN7O3/c33-24-6-10-26(11-7-24)40-29-28(19-35-40)31(42)39(22-34-29)21-32(43)12-15-37(16-13-32)30(41)23-4-8-25(9-5-23)38-18-17-36-14-2-1-3-27(36)20-38/h4-11,19,22,27,43H,1-3,12-18,20-21H2/t27-/m0/s1. The number of fused-ring (bicyclic) bond motifs is 2. The Labute approximate surface area is 249 Å². The van der Waals surface area contributed by atoms with E-state index in [9.17, 15) is 19.1 Å². The van der Waals surface area contributed by atoms with E-state index in [4.69, 9.17) is 0 Å². The lowest BCUT2D eigenvalue weighted by Gasteiger charge is -2.45. The Kier molecular flexibility index (Phi) is 7.22. The maximum atomic E-state index is 13.3. The summed E-state index contributed by atoms with van der Waals surface area (Å²) in [6.07, 6.45) is 7.43. The Bertz CT molecular complexity index is 1680. The van der Waals surface area contributed by atoms with Crippen LogP contribution in [0.3, 0.4) is 0 Å². The van der Waals surface area contributed by atoms with Crippen LogP contribution in [0.5, 0.6) is 0 Å². The number of rotatable bonds is 5. The molecular formula is C32H36FN7O3. The zero-order chi connectivity index (χ0) is 29.6. The third-order valence-electron chi connectivity index (χ3n) is 9.39. The molecule has 2 aromatic heterocycles. The Morgan fingerprint density at radius 2 is 1.70 bits per heavy atom. The number of carbonyl (C=O) groups excluding carboxylic acids is 1. The minimum absolute atomic E-state index is 0.0424. The lowest BCUT2D eigenvalue weighted by atomic mass is 9.91. The van der Waals surface area contributed by atoms with Crippen molar-refractivity contribution in [2.75, 3.05) is 44.2 Å². The van der Waals surface area contributed by atoms with Gasteiger partial charge in [0.15, 0.2) is 5.65 Å². The van der Waals surface area contributed by atoms with Gasteiger partial charge in [-0.25, -0.2) is 14.1 Å². The molecule has 0 radical (unpaired) electrons. The maximum absolute atomic E-state index is 13.3. The van der Waals surface area contributed by atoms with Crippen LogP contribution in [0.15, 0.2) is 65.8 Å². The molecule has 224 valence electrons. The molecule has 3 aliphatic rings. The molecule has 7 rings (SSSR count). The van der Waals surface area contributed by atoms with Gasteiger partial charge in [-0.3, -0.25) is 19.1 Å². The second kappa shape index (κ2) is 11.2. The summed E-state index contributed by atoms with van der Waals surface area (Å²) in [6, 6.07) is 14.4. The molecule has 43 heavy (non-hydrogen) atoms. The van der Waals surface area contributed by atoms with Gasteiger partial charge in [0.1, 0.15) is 17.5 Å². The highest BCUT2D eigenvalue weighted by molar-refractivity contribution is 5.94. The number of halogens is 1. The first-order chi connectivity index (χ1) is 20.9. The number of hydrogen-bond acceptors (Lipinski definition) is 7. The number of piperazine rings is 1. The van der Waals surface area contributed by atoms with Gasteiger partial charge in [0, 0.05) is 50.0 Å². The number of carbonyl (C=O) groups is 1. The first kappa shape index (κ1) is 27.7. The lowest BCUT2D eigenvalue weighted by molar-refractivity contribution is -0.0299. The Balaban J connectivity index is 0.981. The number of aliphatic hydroxyl groups is 1. The van der Waals surface area contributed by atoms with Crippen molar-refractivity contribution in [3.63, 3.8) is 0 Å². The summed E-state index contributed by atoms with van der Waals surface area (Å²) in [7, 11) is 0. The number of aromatic nitrogens is 4. The van der Waals surface area contributed by atoms with Crippen LogP contribution in [-0.4, -0.2) is 91.1 Å². The van der Waals surface area contributed by atoms with Crippen molar-refractivity contribution in [2.45, 2.75) is 50.3 Å². The topological polar surface area (TPSA) is 99.7 Å². The second-order valence-corrected chi connectivity index (χ2v) is 12.1. The van der Waals surface area contributed by atoms with Crippen LogP contribution in [0.4, 0.5) is 10.1 Å². The van der Waals surface area contributed by atoms with Crippen molar-refractivity contribution in [1.29, 1.82) is 0 Å². The Hall–Kier alpha value is -4.09. The first-order valence-electron chi connectivity index (χ1n) is 15.2.